The van der Waals surface area contributed by atoms with Gasteiger partial charge in [-0.1, -0.05) is 54.6 Å². The molecule has 35 heavy (non-hydrogen) atoms. The molecule has 0 fully saturated rings. The Morgan fingerprint density at radius 3 is 2.09 bits per heavy atom. The third-order valence-corrected chi connectivity index (χ3v) is 8.02. The Kier molecular flexibility index (Phi) is 5.43. The number of sulfonamides is 2. The Morgan fingerprint density at radius 2 is 1.37 bits per heavy atom. The highest BCUT2D eigenvalue weighted by Crippen LogP contribution is 2.34. The van der Waals surface area contributed by atoms with E-state index in [9.17, 15) is 21.6 Å². The summed E-state index contributed by atoms with van der Waals surface area (Å²) in [5.41, 5.74) is 1.54. The van der Waals surface area contributed by atoms with E-state index in [0.717, 1.165) is 23.1 Å². The maximum absolute atomic E-state index is 13.1. The molecule has 0 bridgehead atoms. The minimum Gasteiger partial charge on any atom is -0.456 e. The molecule has 0 aliphatic carbocycles. The van der Waals surface area contributed by atoms with E-state index in [1.54, 1.807) is 30.3 Å². The van der Waals surface area contributed by atoms with Crippen LogP contribution in [0.3, 0.4) is 0 Å². The van der Waals surface area contributed by atoms with Gasteiger partial charge in [0.25, 0.3) is 15.9 Å². The number of carbonyl (C=O) groups excluding carboxylic acids is 1. The summed E-state index contributed by atoms with van der Waals surface area (Å²) in [7, 11) is -8.89. The molecule has 10 heteroatoms. The van der Waals surface area contributed by atoms with Gasteiger partial charge in [0.1, 0.15) is 21.1 Å². The van der Waals surface area contributed by atoms with Crippen LogP contribution in [0.1, 0.15) is 10.4 Å². The van der Waals surface area contributed by atoms with Crippen LogP contribution in [0.4, 0.5) is 0 Å². The second kappa shape index (κ2) is 8.35. The molecule has 1 heterocycles. The molecule has 0 unspecified atom stereocenters. The monoisotopic (exact) mass is 506 g/mol. The van der Waals surface area contributed by atoms with Gasteiger partial charge in [-0.05, 0) is 47.2 Å². The Labute approximate surface area is 201 Å². The maximum Gasteiger partial charge on any atom is 0.265 e. The van der Waals surface area contributed by atoms with Crippen LogP contribution in [0.15, 0.2) is 105 Å². The van der Waals surface area contributed by atoms with Gasteiger partial charge in [0.2, 0.25) is 10.0 Å². The molecule has 0 saturated heterocycles. The molecule has 0 atom stereocenters. The number of fused-ring (bicyclic) bond motifs is 2. The number of carbonyl (C=O) groups is 1. The Balaban J connectivity index is 1.58. The first-order valence-corrected chi connectivity index (χ1v) is 13.4. The number of benzene rings is 4. The SMILES string of the molecule is NS(=O)(=O)c1ccccc1S(=O)(=O)NC(=O)c1ccc(-c2cc3ccccc3o2)c2ccccc12. The lowest BCUT2D eigenvalue weighted by atomic mass is 9.98. The lowest BCUT2D eigenvalue weighted by Gasteiger charge is -2.12. The van der Waals surface area contributed by atoms with Crippen molar-refractivity contribution in [3.8, 4) is 11.3 Å². The number of hydrogen-bond acceptors (Lipinski definition) is 6. The highest BCUT2D eigenvalue weighted by atomic mass is 32.2. The number of nitrogens with one attached hydrogen (secondary N) is 1. The van der Waals surface area contributed by atoms with E-state index in [1.807, 2.05) is 35.1 Å². The average Bonchev–Trinajstić information content (AvgIpc) is 3.26. The Hall–Kier alpha value is -3.99. The van der Waals surface area contributed by atoms with Crippen LogP contribution in [0.5, 0.6) is 0 Å². The molecule has 5 aromatic rings. The molecule has 1 aromatic heterocycles. The van der Waals surface area contributed by atoms with Gasteiger partial charge in [0.05, 0.1) is 0 Å². The van der Waals surface area contributed by atoms with E-state index in [1.165, 1.54) is 18.2 Å². The molecule has 0 aliphatic heterocycles. The summed E-state index contributed by atoms with van der Waals surface area (Å²) in [5.74, 6) is -0.314. The fourth-order valence-corrected chi connectivity index (χ4v) is 6.31. The van der Waals surface area contributed by atoms with Crippen LogP contribution in [0.25, 0.3) is 33.1 Å². The predicted octanol–water partition coefficient (Wildman–Crippen LogP) is 4.02. The number of furan rings is 1. The van der Waals surface area contributed by atoms with Crippen LogP contribution in [-0.2, 0) is 20.0 Å². The first kappa shape index (κ1) is 22.8. The lowest BCUT2D eigenvalue weighted by Crippen LogP contribution is -2.32. The summed E-state index contributed by atoms with van der Waals surface area (Å²) in [5, 5.41) is 7.26. The summed E-state index contributed by atoms with van der Waals surface area (Å²) in [6, 6.07) is 24.5. The number of primary sulfonamides is 1. The van der Waals surface area contributed by atoms with Crippen LogP contribution in [0, 0.1) is 0 Å². The number of nitrogens with two attached hydrogens (primary N) is 1. The minimum absolute atomic E-state index is 0.0946. The summed E-state index contributed by atoms with van der Waals surface area (Å²) in [6.07, 6.45) is 0. The zero-order chi connectivity index (χ0) is 24.8. The third-order valence-electron chi connectivity index (χ3n) is 5.53. The average molecular weight is 507 g/mol. The molecule has 4 aromatic carbocycles. The van der Waals surface area contributed by atoms with E-state index in [4.69, 9.17) is 9.56 Å². The first-order valence-electron chi connectivity index (χ1n) is 10.3. The zero-order valence-corrected chi connectivity index (χ0v) is 19.6. The zero-order valence-electron chi connectivity index (χ0n) is 18.0. The van der Waals surface area contributed by atoms with E-state index in [0.29, 0.717) is 22.1 Å². The van der Waals surface area contributed by atoms with Gasteiger partial charge in [-0.25, -0.2) is 26.7 Å². The highest BCUT2D eigenvalue weighted by Gasteiger charge is 2.27. The Bertz CT molecular complexity index is 1810. The summed E-state index contributed by atoms with van der Waals surface area (Å²) in [6.45, 7) is 0. The topological polar surface area (TPSA) is 137 Å². The van der Waals surface area contributed by atoms with Crippen LogP contribution >= 0.6 is 0 Å². The van der Waals surface area contributed by atoms with Crippen LogP contribution < -0.4 is 9.86 Å². The number of para-hydroxylation sites is 1. The molecule has 1 amide bonds. The van der Waals surface area contributed by atoms with Gasteiger partial charge >= 0.3 is 0 Å². The summed E-state index contributed by atoms with van der Waals surface area (Å²) >= 11 is 0. The molecule has 0 saturated carbocycles. The second-order valence-electron chi connectivity index (χ2n) is 7.78. The van der Waals surface area contributed by atoms with Gasteiger partial charge in [-0.15, -0.1) is 0 Å². The van der Waals surface area contributed by atoms with E-state index in [-0.39, 0.29) is 5.56 Å². The predicted molar refractivity (Wildman–Crippen MR) is 132 cm³/mol. The second-order valence-corrected chi connectivity index (χ2v) is 11.0. The van der Waals surface area contributed by atoms with Crippen molar-refractivity contribution in [3.63, 3.8) is 0 Å². The smallest absolute Gasteiger partial charge is 0.265 e. The van der Waals surface area contributed by atoms with Gasteiger partial charge in [0.15, 0.2) is 0 Å². The van der Waals surface area contributed by atoms with Gasteiger partial charge < -0.3 is 4.42 Å². The fourth-order valence-electron chi connectivity index (χ4n) is 3.97. The number of hydrogen-bond donors (Lipinski definition) is 2. The quantitative estimate of drug-likeness (QED) is 0.369. The molecule has 3 N–H and O–H groups in total. The van der Waals surface area contributed by atoms with Gasteiger partial charge in [-0.3, -0.25) is 4.79 Å². The molecule has 8 nitrogen and oxygen atoms in total. The molecule has 0 spiro atoms. The maximum atomic E-state index is 13.1. The molecule has 5 rings (SSSR count). The molecular formula is C25H18N2O6S2. The van der Waals surface area contributed by atoms with Crippen molar-refractivity contribution in [1.29, 1.82) is 0 Å². The first-order chi connectivity index (χ1) is 16.6. The lowest BCUT2D eigenvalue weighted by molar-refractivity contribution is 0.0983. The summed E-state index contributed by atoms with van der Waals surface area (Å²) in [4.78, 5) is 11.9. The Morgan fingerprint density at radius 1 is 0.743 bits per heavy atom. The van der Waals surface area contributed by atoms with Crippen LogP contribution in [0.2, 0.25) is 0 Å². The molecule has 0 aliphatic rings. The van der Waals surface area contributed by atoms with Gasteiger partial charge in [-0.2, -0.15) is 0 Å². The van der Waals surface area contributed by atoms with Crippen molar-refractivity contribution >= 4 is 47.7 Å². The third kappa shape index (κ3) is 4.18. The fraction of sp³-hybridized carbons (Fsp3) is 0. The van der Waals surface area contributed by atoms with E-state index >= 15 is 0 Å². The molecule has 176 valence electrons. The molecule has 0 radical (unpaired) electrons. The van der Waals surface area contributed by atoms with Crippen molar-refractivity contribution in [2.45, 2.75) is 9.79 Å². The summed E-state index contributed by atoms with van der Waals surface area (Å²) < 4.78 is 57.5. The van der Waals surface area contributed by atoms with Crippen molar-refractivity contribution in [1.82, 2.24) is 4.72 Å². The van der Waals surface area contributed by atoms with Crippen molar-refractivity contribution < 1.29 is 26.0 Å². The van der Waals surface area contributed by atoms with Crippen molar-refractivity contribution in [3.05, 3.63) is 96.6 Å². The largest absolute Gasteiger partial charge is 0.456 e. The normalized spacial score (nSPS) is 12.1. The highest BCUT2D eigenvalue weighted by molar-refractivity contribution is 7.92. The van der Waals surface area contributed by atoms with Crippen LogP contribution in [-0.4, -0.2) is 22.7 Å². The van der Waals surface area contributed by atoms with Crippen molar-refractivity contribution in [2.24, 2.45) is 5.14 Å². The van der Waals surface area contributed by atoms with E-state index in [2.05, 4.69) is 0 Å². The molecular weight excluding hydrogens is 488 g/mol. The van der Waals surface area contributed by atoms with E-state index < -0.39 is 35.7 Å². The van der Waals surface area contributed by atoms with Gasteiger partial charge in [0, 0.05) is 16.5 Å². The minimum atomic E-state index is -4.55. The number of amides is 1. The standard InChI is InChI=1S/C25H18N2O6S2/c26-34(29,30)23-11-5-6-12-24(23)35(31,32)27-25(28)20-14-13-19(17-8-2-3-9-18(17)20)22-15-16-7-1-4-10-21(16)33-22/h1-15H,(H,27,28)(H2,26,29,30). The number of rotatable bonds is 5. The van der Waals surface area contributed by atoms with Crippen molar-refractivity contribution in [2.75, 3.05) is 0 Å².